The monoisotopic (exact) mass is 279 g/mol. The smallest absolute Gasteiger partial charge is 0.0465 e. The number of aromatic nitrogens is 1. The SMILES string of the molecule is C=c1[nH]c2ccc(Cl)cc2/c1=C1\CCc2ccccc21. The lowest BCUT2D eigenvalue weighted by Crippen LogP contribution is -2.23. The summed E-state index contributed by atoms with van der Waals surface area (Å²) in [6, 6.07) is 14.6. The van der Waals surface area contributed by atoms with Crippen LogP contribution in [0.2, 0.25) is 5.02 Å². The largest absolute Gasteiger partial charge is 0.355 e. The molecule has 3 aromatic rings. The molecule has 0 aliphatic heterocycles. The number of H-pyrrole nitrogens is 1. The van der Waals surface area contributed by atoms with Gasteiger partial charge in [0.15, 0.2) is 0 Å². The Kier molecular flexibility index (Phi) is 2.51. The highest BCUT2D eigenvalue weighted by Crippen LogP contribution is 2.30. The second-order valence-electron chi connectivity index (χ2n) is 5.30. The molecule has 0 bridgehead atoms. The third kappa shape index (κ3) is 1.63. The quantitative estimate of drug-likeness (QED) is 0.649. The van der Waals surface area contributed by atoms with Crippen LogP contribution in [0.5, 0.6) is 0 Å². The van der Waals surface area contributed by atoms with Crippen molar-refractivity contribution in [3.63, 3.8) is 0 Å². The molecule has 2 aromatic carbocycles. The molecule has 0 spiro atoms. The van der Waals surface area contributed by atoms with E-state index < -0.39 is 0 Å². The number of aromatic amines is 1. The Labute approximate surface area is 122 Å². The first-order valence-corrected chi connectivity index (χ1v) is 7.19. The summed E-state index contributed by atoms with van der Waals surface area (Å²) < 4.78 is 0. The zero-order valence-corrected chi connectivity index (χ0v) is 11.8. The summed E-state index contributed by atoms with van der Waals surface area (Å²) in [5, 5.41) is 4.15. The van der Waals surface area contributed by atoms with Gasteiger partial charge in [0, 0.05) is 26.5 Å². The van der Waals surface area contributed by atoms with Gasteiger partial charge in [-0.1, -0.05) is 42.4 Å². The van der Waals surface area contributed by atoms with Gasteiger partial charge in [0.05, 0.1) is 0 Å². The maximum Gasteiger partial charge on any atom is 0.0465 e. The second kappa shape index (κ2) is 4.26. The normalized spacial score (nSPS) is 16.6. The highest BCUT2D eigenvalue weighted by atomic mass is 35.5. The van der Waals surface area contributed by atoms with Gasteiger partial charge >= 0.3 is 0 Å². The van der Waals surface area contributed by atoms with Crippen LogP contribution >= 0.6 is 11.6 Å². The summed E-state index contributed by atoms with van der Waals surface area (Å²) in [7, 11) is 0. The molecule has 0 atom stereocenters. The molecule has 0 fully saturated rings. The van der Waals surface area contributed by atoms with Crippen LogP contribution in [0.1, 0.15) is 17.5 Å². The predicted octanol–water partition coefficient (Wildman–Crippen LogP) is 3.38. The van der Waals surface area contributed by atoms with Crippen LogP contribution in [-0.2, 0) is 6.42 Å². The topological polar surface area (TPSA) is 15.8 Å². The molecule has 4 rings (SSSR count). The Morgan fingerprint density at radius 1 is 1.05 bits per heavy atom. The van der Waals surface area contributed by atoms with Crippen molar-refractivity contribution >= 4 is 34.7 Å². The van der Waals surface area contributed by atoms with Crippen LogP contribution < -0.4 is 10.6 Å². The summed E-state index contributed by atoms with van der Waals surface area (Å²) in [6.45, 7) is 4.19. The molecule has 1 nitrogen and oxygen atoms in total. The van der Waals surface area contributed by atoms with Crippen molar-refractivity contribution in [2.45, 2.75) is 12.8 Å². The lowest BCUT2D eigenvalue weighted by Gasteiger charge is -2.00. The molecule has 0 saturated heterocycles. The summed E-state index contributed by atoms with van der Waals surface area (Å²) >= 11 is 6.16. The first-order valence-electron chi connectivity index (χ1n) is 6.82. The third-order valence-electron chi connectivity index (χ3n) is 4.13. The second-order valence-corrected chi connectivity index (χ2v) is 5.74. The van der Waals surface area contributed by atoms with Gasteiger partial charge in [0.25, 0.3) is 0 Å². The van der Waals surface area contributed by atoms with Gasteiger partial charge in [0.1, 0.15) is 0 Å². The molecular weight excluding hydrogens is 266 g/mol. The first-order chi connectivity index (χ1) is 9.74. The van der Waals surface area contributed by atoms with Crippen molar-refractivity contribution in [1.82, 2.24) is 4.98 Å². The van der Waals surface area contributed by atoms with E-state index in [1.807, 2.05) is 18.2 Å². The average Bonchev–Trinajstić information content (AvgIpc) is 2.99. The van der Waals surface area contributed by atoms with Gasteiger partial charge < -0.3 is 4.98 Å². The molecule has 1 N–H and O–H groups in total. The number of hydrogen-bond acceptors (Lipinski definition) is 0. The molecule has 0 saturated carbocycles. The molecule has 1 aliphatic rings. The summed E-state index contributed by atoms with van der Waals surface area (Å²) in [5.74, 6) is 0. The number of halogens is 1. The van der Waals surface area contributed by atoms with E-state index in [0.717, 1.165) is 28.7 Å². The van der Waals surface area contributed by atoms with Crippen molar-refractivity contribution in [2.75, 3.05) is 0 Å². The Balaban J connectivity index is 2.19. The van der Waals surface area contributed by atoms with E-state index in [2.05, 4.69) is 35.8 Å². The van der Waals surface area contributed by atoms with Crippen molar-refractivity contribution in [2.24, 2.45) is 0 Å². The molecule has 2 heteroatoms. The highest BCUT2D eigenvalue weighted by Gasteiger charge is 2.17. The van der Waals surface area contributed by atoms with Crippen LogP contribution in [0.4, 0.5) is 0 Å². The molecule has 0 radical (unpaired) electrons. The summed E-state index contributed by atoms with van der Waals surface area (Å²) in [4.78, 5) is 3.37. The van der Waals surface area contributed by atoms with Crippen LogP contribution in [-0.4, -0.2) is 4.98 Å². The maximum atomic E-state index is 6.16. The van der Waals surface area contributed by atoms with E-state index in [1.165, 1.54) is 27.3 Å². The number of nitrogens with one attached hydrogen (secondary N) is 1. The fourth-order valence-corrected chi connectivity index (χ4v) is 3.42. The van der Waals surface area contributed by atoms with Gasteiger partial charge in [-0.25, -0.2) is 0 Å². The number of aryl methyl sites for hydroxylation is 1. The van der Waals surface area contributed by atoms with E-state index in [4.69, 9.17) is 11.6 Å². The van der Waals surface area contributed by atoms with Crippen molar-refractivity contribution < 1.29 is 0 Å². The Morgan fingerprint density at radius 2 is 1.90 bits per heavy atom. The molecule has 98 valence electrons. The molecular formula is C18H14ClN. The van der Waals surface area contributed by atoms with Crippen LogP contribution in [0.3, 0.4) is 0 Å². The Bertz CT molecular complexity index is 934. The number of hydrogen-bond donors (Lipinski definition) is 1. The maximum absolute atomic E-state index is 6.16. The first kappa shape index (κ1) is 11.8. The van der Waals surface area contributed by atoms with Gasteiger partial charge in [-0.05, 0) is 47.7 Å². The fraction of sp³-hybridized carbons (Fsp3) is 0.111. The predicted molar refractivity (Wildman–Crippen MR) is 85.4 cm³/mol. The van der Waals surface area contributed by atoms with Crippen molar-refractivity contribution in [1.29, 1.82) is 0 Å². The van der Waals surface area contributed by atoms with Crippen molar-refractivity contribution in [3.8, 4) is 0 Å². The van der Waals surface area contributed by atoms with Crippen LogP contribution in [0.15, 0.2) is 42.5 Å². The molecule has 0 unspecified atom stereocenters. The molecule has 20 heavy (non-hydrogen) atoms. The van der Waals surface area contributed by atoms with E-state index >= 15 is 0 Å². The Morgan fingerprint density at radius 3 is 2.80 bits per heavy atom. The molecule has 1 aromatic heterocycles. The lowest BCUT2D eigenvalue weighted by molar-refractivity contribution is 1.08. The van der Waals surface area contributed by atoms with Gasteiger partial charge in [0.2, 0.25) is 0 Å². The fourth-order valence-electron chi connectivity index (χ4n) is 3.25. The molecule has 1 heterocycles. The zero-order chi connectivity index (χ0) is 13.7. The van der Waals surface area contributed by atoms with Gasteiger partial charge in [-0.2, -0.15) is 0 Å². The zero-order valence-electron chi connectivity index (χ0n) is 11.0. The lowest BCUT2D eigenvalue weighted by atomic mass is 10.0. The summed E-state index contributed by atoms with van der Waals surface area (Å²) in [6.07, 6.45) is 2.18. The number of fused-ring (bicyclic) bond motifs is 2. The minimum atomic E-state index is 0.768. The van der Waals surface area contributed by atoms with Crippen LogP contribution in [0.25, 0.3) is 23.1 Å². The van der Waals surface area contributed by atoms with E-state index in [-0.39, 0.29) is 0 Å². The van der Waals surface area contributed by atoms with E-state index in [1.54, 1.807) is 0 Å². The average molecular weight is 280 g/mol. The number of benzene rings is 2. The highest BCUT2D eigenvalue weighted by molar-refractivity contribution is 6.31. The Hall–Kier alpha value is -1.99. The van der Waals surface area contributed by atoms with Gasteiger partial charge in [-0.3, -0.25) is 0 Å². The van der Waals surface area contributed by atoms with Crippen molar-refractivity contribution in [3.05, 3.63) is 69.2 Å². The number of rotatable bonds is 0. The molecule has 0 amide bonds. The minimum absolute atomic E-state index is 0.768. The van der Waals surface area contributed by atoms with E-state index in [9.17, 15) is 0 Å². The standard InChI is InChI=1S/C18H14ClN/c1-11-18(16-10-13(19)7-9-17(16)20-11)15-8-6-12-4-2-3-5-14(12)15/h2-5,7,9-10,20H,1,6,8H2/b18-15+. The summed E-state index contributed by atoms with van der Waals surface area (Å²) in [5.41, 5.74) is 5.28. The van der Waals surface area contributed by atoms with Gasteiger partial charge in [-0.15, -0.1) is 0 Å². The third-order valence-corrected chi connectivity index (χ3v) is 4.36. The van der Waals surface area contributed by atoms with E-state index in [0.29, 0.717) is 0 Å². The van der Waals surface area contributed by atoms with Crippen LogP contribution in [0, 0.1) is 0 Å². The molecule has 1 aliphatic carbocycles. The minimum Gasteiger partial charge on any atom is -0.355 e.